The van der Waals surface area contributed by atoms with Gasteiger partial charge in [-0.15, -0.1) is 24.8 Å². The Balaban J connectivity index is 0.00000338. The summed E-state index contributed by atoms with van der Waals surface area (Å²) >= 11 is 0. The largest absolute Gasteiger partial charge is 0.383 e. The lowest BCUT2D eigenvalue weighted by atomic mass is 10.2. The van der Waals surface area contributed by atoms with Crippen molar-refractivity contribution >= 4 is 42.3 Å². The Bertz CT molecular complexity index is 541. The van der Waals surface area contributed by atoms with Gasteiger partial charge in [-0.05, 0) is 12.1 Å². The quantitative estimate of drug-likeness (QED) is 0.581. The fourth-order valence-electron chi connectivity index (χ4n) is 2.76. The first kappa shape index (κ1) is 25.5. The number of hydrogen-bond acceptors (Lipinski definition) is 5. The maximum Gasteiger partial charge on any atom is 0.233 e. The molecule has 9 heteroatoms. The highest BCUT2D eigenvalue weighted by Crippen LogP contribution is 2.15. The van der Waals surface area contributed by atoms with Crippen molar-refractivity contribution in [2.24, 2.45) is 0 Å². The highest BCUT2D eigenvalue weighted by molar-refractivity contribution is 5.85. The summed E-state index contributed by atoms with van der Waals surface area (Å²) in [4.78, 5) is 28.0. The molecule has 0 saturated carbocycles. The average Bonchev–Trinajstić information content (AvgIpc) is 2.66. The van der Waals surface area contributed by atoms with Gasteiger partial charge in [0, 0.05) is 58.5 Å². The van der Waals surface area contributed by atoms with E-state index in [1.54, 1.807) is 7.11 Å². The molecule has 1 aliphatic heterocycles. The van der Waals surface area contributed by atoms with Crippen molar-refractivity contribution in [2.75, 3.05) is 64.4 Å². The topological polar surface area (TPSA) is 73.9 Å². The van der Waals surface area contributed by atoms with Crippen LogP contribution in [0.15, 0.2) is 30.3 Å². The molecule has 1 aromatic carbocycles. The Morgan fingerprint density at radius 2 is 1.70 bits per heavy atom. The van der Waals surface area contributed by atoms with E-state index in [2.05, 4.69) is 27.7 Å². The molecule has 0 atom stereocenters. The summed E-state index contributed by atoms with van der Waals surface area (Å²) < 4.78 is 4.89. The number of nitrogens with one attached hydrogen (secondary N) is 2. The molecule has 27 heavy (non-hydrogen) atoms. The molecular formula is C18H30Cl2N4O3. The zero-order valence-electron chi connectivity index (χ0n) is 15.7. The molecule has 2 amide bonds. The van der Waals surface area contributed by atoms with Crippen LogP contribution >= 0.6 is 24.8 Å². The maximum absolute atomic E-state index is 12.2. The van der Waals surface area contributed by atoms with E-state index in [9.17, 15) is 9.59 Å². The number of rotatable bonds is 9. The highest BCUT2D eigenvalue weighted by atomic mass is 35.5. The predicted molar refractivity (Wildman–Crippen MR) is 112 cm³/mol. The number of methoxy groups -OCH3 is 1. The van der Waals surface area contributed by atoms with Crippen LogP contribution in [0.4, 0.5) is 5.69 Å². The van der Waals surface area contributed by atoms with E-state index in [0.29, 0.717) is 26.1 Å². The van der Waals surface area contributed by atoms with Gasteiger partial charge in [0.2, 0.25) is 11.8 Å². The number of nitrogens with zero attached hydrogens (tertiary/aromatic N) is 2. The number of ether oxygens (including phenoxy) is 1. The molecule has 1 heterocycles. The lowest BCUT2D eigenvalue weighted by Gasteiger charge is -2.36. The Morgan fingerprint density at radius 3 is 2.33 bits per heavy atom. The maximum atomic E-state index is 12.2. The van der Waals surface area contributed by atoms with Gasteiger partial charge in [-0.25, -0.2) is 0 Å². The lowest BCUT2D eigenvalue weighted by molar-refractivity contribution is -0.131. The van der Waals surface area contributed by atoms with Gasteiger partial charge in [0.25, 0.3) is 0 Å². The third kappa shape index (κ3) is 9.28. The smallest absolute Gasteiger partial charge is 0.233 e. The molecule has 0 aromatic heterocycles. The SMILES string of the molecule is COCCNCC(=O)NCCC(=O)N1CCN(c2ccccc2)CC1.Cl.Cl. The second-order valence-electron chi connectivity index (χ2n) is 5.97. The van der Waals surface area contributed by atoms with Crippen molar-refractivity contribution in [3.63, 3.8) is 0 Å². The predicted octanol–water partition coefficient (Wildman–Crippen LogP) is 0.921. The first-order valence-corrected chi connectivity index (χ1v) is 8.75. The number of anilines is 1. The van der Waals surface area contributed by atoms with E-state index in [0.717, 1.165) is 26.2 Å². The van der Waals surface area contributed by atoms with E-state index in [1.165, 1.54) is 5.69 Å². The van der Waals surface area contributed by atoms with E-state index < -0.39 is 0 Å². The van der Waals surface area contributed by atoms with Crippen LogP contribution in [0.5, 0.6) is 0 Å². The van der Waals surface area contributed by atoms with Crippen molar-refractivity contribution in [3.05, 3.63) is 30.3 Å². The standard InChI is InChI=1S/C18H28N4O3.2ClH/c1-25-14-9-19-15-17(23)20-8-7-18(24)22-12-10-21(11-13-22)16-5-3-2-4-6-16;;/h2-6,19H,7-15H2,1H3,(H,20,23);2*1H. The lowest BCUT2D eigenvalue weighted by Crippen LogP contribution is -2.49. The van der Waals surface area contributed by atoms with Gasteiger partial charge >= 0.3 is 0 Å². The third-order valence-corrected chi connectivity index (χ3v) is 4.18. The molecule has 0 spiro atoms. The van der Waals surface area contributed by atoms with Crippen LogP contribution in [-0.4, -0.2) is 76.2 Å². The molecule has 7 nitrogen and oxygen atoms in total. The summed E-state index contributed by atoms with van der Waals surface area (Å²) in [6.07, 6.45) is 0.342. The summed E-state index contributed by atoms with van der Waals surface area (Å²) in [5, 5.41) is 5.73. The summed E-state index contributed by atoms with van der Waals surface area (Å²) in [5.41, 5.74) is 1.20. The van der Waals surface area contributed by atoms with Crippen LogP contribution in [0, 0.1) is 0 Å². The van der Waals surface area contributed by atoms with E-state index >= 15 is 0 Å². The number of hydrogen-bond donors (Lipinski definition) is 2. The van der Waals surface area contributed by atoms with Gasteiger partial charge in [-0.1, -0.05) is 18.2 Å². The van der Waals surface area contributed by atoms with Crippen molar-refractivity contribution in [1.29, 1.82) is 0 Å². The minimum Gasteiger partial charge on any atom is -0.383 e. The Morgan fingerprint density at radius 1 is 1.04 bits per heavy atom. The van der Waals surface area contributed by atoms with Crippen LogP contribution in [0.1, 0.15) is 6.42 Å². The van der Waals surface area contributed by atoms with Gasteiger partial charge in [0.15, 0.2) is 0 Å². The van der Waals surface area contributed by atoms with Gasteiger partial charge in [-0.2, -0.15) is 0 Å². The molecule has 0 unspecified atom stereocenters. The summed E-state index contributed by atoms with van der Waals surface area (Å²) in [6.45, 7) is 4.95. The van der Waals surface area contributed by atoms with Crippen LogP contribution in [0.2, 0.25) is 0 Å². The summed E-state index contributed by atoms with van der Waals surface area (Å²) in [6, 6.07) is 10.2. The second kappa shape index (κ2) is 14.5. The minimum atomic E-state index is -0.0993. The number of halogens is 2. The molecule has 0 aliphatic carbocycles. The summed E-state index contributed by atoms with van der Waals surface area (Å²) in [7, 11) is 1.62. The molecule has 0 bridgehead atoms. The Kier molecular flexibility index (Phi) is 13.7. The second-order valence-corrected chi connectivity index (χ2v) is 5.97. The fraction of sp³-hybridized carbons (Fsp3) is 0.556. The van der Waals surface area contributed by atoms with Gasteiger partial charge in [0.05, 0.1) is 13.2 Å². The molecule has 0 radical (unpaired) electrons. The first-order chi connectivity index (χ1) is 12.2. The number of carbonyl (C=O) groups is 2. The number of amides is 2. The van der Waals surface area contributed by atoms with Crippen LogP contribution in [-0.2, 0) is 14.3 Å². The molecule has 154 valence electrons. The number of para-hydroxylation sites is 1. The van der Waals surface area contributed by atoms with E-state index in [1.807, 2.05) is 23.1 Å². The van der Waals surface area contributed by atoms with E-state index in [-0.39, 0.29) is 43.2 Å². The third-order valence-electron chi connectivity index (χ3n) is 4.18. The van der Waals surface area contributed by atoms with Crippen molar-refractivity contribution in [1.82, 2.24) is 15.5 Å². The highest BCUT2D eigenvalue weighted by Gasteiger charge is 2.20. The number of benzene rings is 1. The van der Waals surface area contributed by atoms with Crippen LogP contribution < -0.4 is 15.5 Å². The molecule has 1 saturated heterocycles. The average molecular weight is 421 g/mol. The minimum absolute atomic E-state index is 0. The first-order valence-electron chi connectivity index (χ1n) is 8.75. The summed E-state index contributed by atoms with van der Waals surface area (Å²) in [5.74, 6) is -0.00171. The Labute approximate surface area is 173 Å². The normalized spacial score (nSPS) is 13.4. The van der Waals surface area contributed by atoms with Crippen molar-refractivity contribution in [2.45, 2.75) is 6.42 Å². The monoisotopic (exact) mass is 420 g/mol. The van der Waals surface area contributed by atoms with Gasteiger partial charge in [-0.3, -0.25) is 9.59 Å². The molecular weight excluding hydrogens is 391 g/mol. The molecule has 1 aromatic rings. The zero-order valence-corrected chi connectivity index (χ0v) is 17.3. The molecule has 1 fully saturated rings. The van der Waals surface area contributed by atoms with Gasteiger partial charge < -0.3 is 25.2 Å². The van der Waals surface area contributed by atoms with Crippen LogP contribution in [0.3, 0.4) is 0 Å². The molecule has 2 rings (SSSR count). The van der Waals surface area contributed by atoms with Crippen LogP contribution in [0.25, 0.3) is 0 Å². The molecule has 1 aliphatic rings. The van der Waals surface area contributed by atoms with Crippen molar-refractivity contribution < 1.29 is 14.3 Å². The number of carbonyl (C=O) groups excluding carboxylic acids is 2. The fourth-order valence-corrected chi connectivity index (χ4v) is 2.76. The molecule has 2 N–H and O–H groups in total. The number of piperazine rings is 1. The zero-order chi connectivity index (χ0) is 17.9. The van der Waals surface area contributed by atoms with E-state index in [4.69, 9.17) is 4.74 Å². The Hall–Kier alpha value is -1.54. The van der Waals surface area contributed by atoms with Gasteiger partial charge in [0.1, 0.15) is 0 Å². The van der Waals surface area contributed by atoms with Crippen molar-refractivity contribution in [3.8, 4) is 0 Å².